The van der Waals surface area contributed by atoms with Gasteiger partial charge in [-0.1, -0.05) is 12.1 Å². The molecule has 0 bridgehead atoms. The minimum Gasteiger partial charge on any atom is -0.363 e. The van der Waals surface area contributed by atoms with Gasteiger partial charge in [0, 0.05) is 18.7 Å². The lowest BCUT2D eigenvalue weighted by Gasteiger charge is -2.16. The van der Waals surface area contributed by atoms with Crippen molar-refractivity contribution in [1.82, 2.24) is 9.97 Å². The van der Waals surface area contributed by atoms with Gasteiger partial charge in [0.15, 0.2) is 0 Å². The summed E-state index contributed by atoms with van der Waals surface area (Å²) in [5.41, 5.74) is 1.85. The van der Waals surface area contributed by atoms with E-state index in [1.54, 1.807) is 0 Å². The standard InChI is InChI=1S/C15H17BrN4O/c1-9(17-15-8-14(16)18-10(2)19-15)12-5-4-6-13(7-12)20-11(3)21/h4-9H,1-3H3,(H,20,21)(H,17,18,19). The molecule has 110 valence electrons. The topological polar surface area (TPSA) is 66.9 Å². The predicted molar refractivity (Wildman–Crippen MR) is 87.3 cm³/mol. The van der Waals surface area contributed by atoms with Crippen LogP contribution < -0.4 is 10.6 Å². The smallest absolute Gasteiger partial charge is 0.221 e. The van der Waals surface area contributed by atoms with Gasteiger partial charge >= 0.3 is 0 Å². The second-order valence-corrected chi connectivity index (χ2v) is 5.61. The maximum absolute atomic E-state index is 11.1. The summed E-state index contributed by atoms with van der Waals surface area (Å²) in [4.78, 5) is 19.6. The third-order valence-electron chi connectivity index (χ3n) is 2.88. The van der Waals surface area contributed by atoms with Crippen LogP contribution in [0.25, 0.3) is 0 Å². The van der Waals surface area contributed by atoms with Gasteiger partial charge in [0.1, 0.15) is 16.2 Å². The molecule has 6 heteroatoms. The van der Waals surface area contributed by atoms with Crippen molar-refractivity contribution < 1.29 is 4.79 Å². The largest absolute Gasteiger partial charge is 0.363 e. The molecule has 1 unspecified atom stereocenters. The summed E-state index contributed by atoms with van der Waals surface area (Å²) in [6, 6.07) is 9.62. The van der Waals surface area contributed by atoms with E-state index in [2.05, 4.69) is 36.5 Å². The SMILES string of the molecule is CC(=O)Nc1cccc(C(C)Nc2cc(Br)nc(C)n2)c1. The molecule has 0 saturated carbocycles. The monoisotopic (exact) mass is 348 g/mol. The number of amides is 1. The lowest BCUT2D eigenvalue weighted by molar-refractivity contribution is -0.114. The third-order valence-corrected chi connectivity index (χ3v) is 3.28. The van der Waals surface area contributed by atoms with Crippen molar-refractivity contribution in [2.24, 2.45) is 0 Å². The molecule has 0 radical (unpaired) electrons. The molecule has 1 aromatic carbocycles. The van der Waals surface area contributed by atoms with Crippen LogP contribution in [0.4, 0.5) is 11.5 Å². The van der Waals surface area contributed by atoms with Crippen molar-refractivity contribution in [3.8, 4) is 0 Å². The van der Waals surface area contributed by atoms with Crippen molar-refractivity contribution in [3.63, 3.8) is 0 Å². The lowest BCUT2D eigenvalue weighted by atomic mass is 10.1. The van der Waals surface area contributed by atoms with Crippen LogP contribution in [-0.4, -0.2) is 15.9 Å². The van der Waals surface area contributed by atoms with Crippen molar-refractivity contribution in [2.45, 2.75) is 26.8 Å². The van der Waals surface area contributed by atoms with E-state index in [1.807, 2.05) is 44.2 Å². The number of rotatable bonds is 4. The minimum atomic E-state index is -0.0804. The first kappa shape index (κ1) is 15.4. The number of aromatic nitrogens is 2. The van der Waals surface area contributed by atoms with Crippen molar-refractivity contribution in [2.75, 3.05) is 10.6 Å². The number of carbonyl (C=O) groups is 1. The van der Waals surface area contributed by atoms with E-state index in [4.69, 9.17) is 0 Å². The van der Waals surface area contributed by atoms with Gasteiger partial charge in [-0.3, -0.25) is 4.79 Å². The highest BCUT2D eigenvalue weighted by Crippen LogP contribution is 2.22. The zero-order valence-corrected chi connectivity index (χ0v) is 13.7. The van der Waals surface area contributed by atoms with Crippen molar-refractivity contribution in [3.05, 3.63) is 46.3 Å². The summed E-state index contributed by atoms with van der Waals surface area (Å²) < 4.78 is 0.747. The molecule has 21 heavy (non-hydrogen) atoms. The molecule has 1 heterocycles. The van der Waals surface area contributed by atoms with Crippen LogP contribution in [0.2, 0.25) is 0 Å². The van der Waals surface area contributed by atoms with E-state index in [9.17, 15) is 4.79 Å². The molecule has 0 saturated heterocycles. The molecular formula is C15H17BrN4O. The van der Waals surface area contributed by atoms with Crippen LogP contribution in [0, 0.1) is 6.92 Å². The number of hydrogen-bond acceptors (Lipinski definition) is 4. The quantitative estimate of drug-likeness (QED) is 0.827. The third kappa shape index (κ3) is 4.53. The molecule has 0 spiro atoms. The Kier molecular flexibility index (Phi) is 4.90. The Morgan fingerprint density at radius 1 is 1.29 bits per heavy atom. The number of hydrogen-bond donors (Lipinski definition) is 2. The molecule has 0 aliphatic carbocycles. The van der Waals surface area contributed by atoms with E-state index < -0.39 is 0 Å². The van der Waals surface area contributed by atoms with Gasteiger partial charge in [0.2, 0.25) is 5.91 Å². The molecule has 0 aliphatic heterocycles. The average molecular weight is 349 g/mol. The summed E-state index contributed by atoms with van der Waals surface area (Å²) in [6.45, 7) is 5.38. The summed E-state index contributed by atoms with van der Waals surface area (Å²) in [6.07, 6.45) is 0. The Morgan fingerprint density at radius 2 is 2.05 bits per heavy atom. The zero-order chi connectivity index (χ0) is 15.4. The molecule has 2 aromatic rings. The van der Waals surface area contributed by atoms with Crippen LogP contribution in [-0.2, 0) is 4.79 Å². The Bertz CT molecular complexity index is 640. The summed E-state index contributed by atoms with van der Waals surface area (Å²) in [5, 5.41) is 6.11. The van der Waals surface area contributed by atoms with E-state index >= 15 is 0 Å². The Morgan fingerprint density at radius 3 is 2.71 bits per heavy atom. The number of nitrogens with zero attached hydrogens (tertiary/aromatic N) is 2. The van der Waals surface area contributed by atoms with Crippen LogP contribution in [0.15, 0.2) is 34.9 Å². The van der Waals surface area contributed by atoms with Gasteiger partial charge < -0.3 is 10.6 Å². The number of anilines is 2. The summed E-state index contributed by atoms with van der Waals surface area (Å²) >= 11 is 3.36. The van der Waals surface area contributed by atoms with Gasteiger partial charge in [-0.15, -0.1) is 0 Å². The fourth-order valence-electron chi connectivity index (χ4n) is 2.00. The van der Waals surface area contributed by atoms with Gasteiger partial charge in [0.25, 0.3) is 0 Å². The molecule has 1 atom stereocenters. The van der Waals surface area contributed by atoms with Crippen molar-refractivity contribution in [1.29, 1.82) is 0 Å². The first-order chi connectivity index (χ1) is 9.94. The van der Waals surface area contributed by atoms with Crippen LogP contribution >= 0.6 is 15.9 Å². The highest BCUT2D eigenvalue weighted by atomic mass is 79.9. The maximum Gasteiger partial charge on any atom is 0.221 e. The minimum absolute atomic E-state index is 0.0555. The Balaban J connectivity index is 2.16. The number of halogens is 1. The molecule has 2 rings (SSSR count). The molecule has 2 N–H and O–H groups in total. The molecular weight excluding hydrogens is 332 g/mol. The average Bonchev–Trinajstić information content (AvgIpc) is 2.36. The molecule has 0 fully saturated rings. The van der Waals surface area contributed by atoms with Gasteiger partial charge in [-0.05, 0) is 47.5 Å². The molecule has 5 nitrogen and oxygen atoms in total. The number of aryl methyl sites for hydroxylation is 1. The Hall–Kier alpha value is -1.95. The lowest BCUT2D eigenvalue weighted by Crippen LogP contribution is -2.10. The Labute approximate surface area is 132 Å². The number of nitrogens with one attached hydrogen (secondary N) is 2. The van der Waals surface area contributed by atoms with Gasteiger partial charge in [0.05, 0.1) is 6.04 Å². The van der Waals surface area contributed by atoms with Crippen LogP contribution in [0.1, 0.15) is 31.3 Å². The second kappa shape index (κ2) is 6.67. The van der Waals surface area contributed by atoms with E-state index in [1.165, 1.54) is 6.92 Å². The van der Waals surface area contributed by atoms with E-state index in [-0.39, 0.29) is 11.9 Å². The van der Waals surface area contributed by atoms with Crippen molar-refractivity contribution >= 4 is 33.3 Å². The van der Waals surface area contributed by atoms with Gasteiger partial charge in [-0.2, -0.15) is 0 Å². The highest BCUT2D eigenvalue weighted by Gasteiger charge is 2.08. The first-order valence-electron chi connectivity index (χ1n) is 6.59. The summed E-state index contributed by atoms with van der Waals surface area (Å²) in [7, 11) is 0. The normalized spacial score (nSPS) is 11.8. The van der Waals surface area contributed by atoms with Gasteiger partial charge in [-0.25, -0.2) is 9.97 Å². The number of carbonyl (C=O) groups excluding carboxylic acids is 1. The molecule has 0 aliphatic rings. The fourth-order valence-corrected chi connectivity index (χ4v) is 2.47. The van der Waals surface area contributed by atoms with Crippen LogP contribution in [0.3, 0.4) is 0 Å². The second-order valence-electron chi connectivity index (χ2n) is 4.80. The van der Waals surface area contributed by atoms with Crippen LogP contribution in [0.5, 0.6) is 0 Å². The van der Waals surface area contributed by atoms with E-state index in [0.717, 1.165) is 21.7 Å². The summed E-state index contributed by atoms with van der Waals surface area (Å²) in [5.74, 6) is 1.38. The predicted octanol–water partition coefficient (Wildman–Crippen LogP) is 3.68. The highest BCUT2D eigenvalue weighted by molar-refractivity contribution is 9.10. The fraction of sp³-hybridized carbons (Fsp3) is 0.267. The zero-order valence-electron chi connectivity index (χ0n) is 12.1. The maximum atomic E-state index is 11.1. The first-order valence-corrected chi connectivity index (χ1v) is 7.38. The van der Waals surface area contributed by atoms with E-state index in [0.29, 0.717) is 5.82 Å². The molecule has 1 aromatic heterocycles. The number of benzene rings is 1. The molecule has 1 amide bonds.